The molecule has 0 saturated carbocycles. The predicted octanol–water partition coefficient (Wildman–Crippen LogP) is -4.36. The first-order chi connectivity index (χ1) is 40.5. The molecule has 1 rings (SSSR count). The lowest BCUT2D eigenvalue weighted by Crippen LogP contribution is -2.60. The summed E-state index contributed by atoms with van der Waals surface area (Å²) in [5.74, 6) is -11.7. The van der Waals surface area contributed by atoms with Gasteiger partial charge >= 0.3 is 11.9 Å². The molecule has 0 aliphatic rings. The number of carboxylic acid groups (broad SMARTS) is 2. The molecule has 1 aromatic heterocycles. The Bertz CT molecular complexity index is 2400. The van der Waals surface area contributed by atoms with Gasteiger partial charge in [0.2, 0.25) is 59.1 Å². The Kier molecular flexibility index (Phi) is 36.8. The van der Waals surface area contributed by atoms with Crippen LogP contribution in [0, 0.1) is 11.8 Å². The summed E-state index contributed by atoms with van der Waals surface area (Å²) in [7, 11) is 0. The number of carbonyl (C=O) groups is 12. The van der Waals surface area contributed by atoms with E-state index in [1.54, 1.807) is 34.0 Å². The number of hydrogen-bond acceptors (Lipinski definition) is 18. The summed E-state index contributed by atoms with van der Waals surface area (Å²) in [6.45, 7) is 8.55. The Morgan fingerprint density at radius 1 is 0.558 bits per heavy atom. The number of carbonyl (C=O) groups excluding carboxylic acids is 10. The van der Waals surface area contributed by atoms with Crippen LogP contribution in [0.15, 0.2) is 17.5 Å². The number of nitrogens with zero attached hydrogens (tertiary/aromatic N) is 2. The molecule has 0 aromatic carbocycles. The number of aromatic nitrogens is 2. The Labute approximate surface area is 505 Å². The van der Waals surface area contributed by atoms with Gasteiger partial charge in [-0.1, -0.05) is 27.7 Å². The number of aliphatic imine (C=N–C) groups is 1. The second-order valence-electron chi connectivity index (χ2n) is 21.5. The molecule has 0 unspecified atom stereocenters. The van der Waals surface area contributed by atoms with Gasteiger partial charge in [-0.2, -0.15) is 11.8 Å². The van der Waals surface area contributed by atoms with Gasteiger partial charge in [-0.25, -0.2) is 9.78 Å². The number of carboxylic acids is 2. The van der Waals surface area contributed by atoms with Gasteiger partial charge in [0, 0.05) is 37.7 Å². The van der Waals surface area contributed by atoms with Gasteiger partial charge < -0.3 is 97.5 Å². The fourth-order valence-electron chi connectivity index (χ4n) is 8.38. The fourth-order valence-corrected chi connectivity index (χ4v) is 8.85. The van der Waals surface area contributed by atoms with Crippen LogP contribution in [0.3, 0.4) is 0 Å². The third kappa shape index (κ3) is 30.9. The SMILES string of the molecule is CSCC[C@H](NC(=O)[C@H](CCCN=C(N)N)NC(=O)[C@@H](N)CCC(N)=O)C(=O)N[C@@H](CCC(=O)O)C(=O)N[C@@H](CCCCN)C(=O)N[C@@H](CCCCN)C(=O)N[C@@H](CC(C)C)C(=O)N[C@@H](Cc1cnc[nH]1)C(=O)N[C@@H](C)C(=O)N[C@H](C(=O)O)C(C)C. The molecule has 0 bridgehead atoms. The molecule has 0 fully saturated rings. The summed E-state index contributed by atoms with van der Waals surface area (Å²) in [4.78, 5) is 171. The Morgan fingerprint density at radius 3 is 1.44 bits per heavy atom. The van der Waals surface area contributed by atoms with Gasteiger partial charge in [0.1, 0.15) is 54.4 Å². The van der Waals surface area contributed by atoms with E-state index in [2.05, 4.69) is 62.8 Å². The van der Waals surface area contributed by atoms with Gasteiger partial charge in [0.15, 0.2) is 5.96 Å². The highest BCUT2D eigenvalue weighted by Gasteiger charge is 2.36. The van der Waals surface area contributed by atoms with Crippen molar-refractivity contribution >= 4 is 88.7 Å². The number of H-pyrrole nitrogens is 1. The minimum Gasteiger partial charge on any atom is -0.481 e. The summed E-state index contributed by atoms with van der Waals surface area (Å²) < 4.78 is 0. The van der Waals surface area contributed by atoms with Gasteiger partial charge in [-0.3, -0.25) is 57.7 Å². The highest BCUT2D eigenvalue weighted by Crippen LogP contribution is 2.13. The lowest BCUT2D eigenvalue weighted by molar-refractivity contribution is -0.143. The van der Waals surface area contributed by atoms with Crippen LogP contribution in [0.5, 0.6) is 0 Å². The zero-order valence-corrected chi connectivity index (χ0v) is 50.9. The molecule has 0 saturated heterocycles. The van der Waals surface area contributed by atoms with Gasteiger partial charge in [-0.05, 0) is 121 Å². The van der Waals surface area contributed by atoms with E-state index in [9.17, 15) is 67.7 Å². The maximum Gasteiger partial charge on any atom is 0.326 e. The number of aromatic amines is 1. The average molecular weight is 1240 g/mol. The Morgan fingerprint density at radius 2 is 1.01 bits per heavy atom. The average Bonchev–Trinajstić information content (AvgIpc) is 3.56. The third-order valence-electron chi connectivity index (χ3n) is 13.2. The van der Waals surface area contributed by atoms with Crippen LogP contribution in [0.4, 0.5) is 0 Å². The van der Waals surface area contributed by atoms with Crippen LogP contribution in [0.1, 0.15) is 130 Å². The lowest BCUT2D eigenvalue weighted by Gasteiger charge is -2.28. The summed E-state index contributed by atoms with van der Waals surface area (Å²) in [5, 5.41) is 42.5. The van der Waals surface area contributed by atoms with E-state index < -0.39 is 150 Å². The molecular formula is C53H94N18O14S. The molecule has 33 heteroatoms. The molecule has 1 heterocycles. The highest BCUT2D eigenvalue weighted by molar-refractivity contribution is 7.98. The van der Waals surface area contributed by atoms with Gasteiger partial charge in [0.05, 0.1) is 12.4 Å². The number of nitrogens with two attached hydrogens (primary N) is 6. The summed E-state index contributed by atoms with van der Waals surface area (Å²) in [6.07, 6.45) is 4.26. The molecular weight excluding hydrogens is 1140 g/mol. The lowest BCUT2D eigenvalue weighted by atomic mass is 10.0. The van der Waals surface area contributed by atoms with E-state index in [0.29, 0.717) is 30.7 Å². The molecule has 1 aromatic rings. The minimum absolute atomic E-state index is 0.0119. The first kappa shape index (κ1) is 76.4. The number of aliphatic carboxylic acids is 2. The van der Waals surface area contributed by atoms with Crippen molar-refractivity contribution in [3.05, 3.63) is 18.2 Å². The second-order valence-corrected chi connectivity index (χ2v) is 22.5. The number of amides is 10. The number of rotatable bonds is 45. The molecule has 0 aliphatic carbocycles. The van der Waals surface area contributed by atoms with Crippen LogP contribution in [0.2, 0.25) is 0 Å². The summed E-state index contributed by atoms with van der Waals surface area (Å²) in [6, 6.07) is -13.5. The molecule has 10 amide bonds. The topological polar surface area (TPSA) is 551 Å². The number of guanidine groups is 1. The highest BCUT2D eigenvalue weighted by atomic mass is 32.2. The van der Waals surface area contributed by atoms with Crippen molar-refractivity contribution in [1.29, 1.82) is 0 Å². The van der Waals surface area contributed by atoms with E-state index in [0.717, 1.165) is 0 Å². The van der Waals surface area contributed by atoms with Crippen molar-refractivity contribution in [2.24, 2.45) is 51.2 Å². The van der Waals surface area contributed by atoms with E-state index in [4.69, 9.17) is 34.4 Å². The monoisotopic (exact) mass is 1240 g/mol. The second kappa shape index (κ2) is 41.4. The van der Waals surface area contributed by atoms with Gasteiger partial charge in [0.25, 0.3) is 0 Å². The van der Waals surface area contributed by atoms with Crippen LogP contribution in [-0.2, 0) is 64.0 Å². The standard InChI is InChI=1S/C53H94N18O14S/c1-28(2)24-38(51(83)70-39(25-31-26-60-27-62-31)50(82)63-30(5)43(75)71-42(29(3)4)52(84)85)69-47(79)34(13-8-10-21-55)65-45(77)33(12-7-9-20-54)66-48(80)36(16-18-41(73)74)67-49(81)37(19-23-86-6)68-46(78)35(14-11-22-61-53(58)59)64-44(76)32(56)15-17-40(57)72/h26-30,32-39,42H,7-25,54-56H2,1-6H3,(H2,57,72)(H,60,62)(H,63,82)(H,64,76)(H,65,77)(H,66,80)(H,67,81)(H,68,78)(H,69,79)(H,70,83)(H,71,75)(H,73,74)(H,84,85)(H4,58,59,61)/t30-,32-,33-,34-,35-,36-,37-,38-,39-,42-/m0/s1. The molecule has 486 valence electrons. The molecule has 10 atom stereocenters. The van der Waals surface area contributed by atoms with Crippen LogP contribution >= 0.6 is 11.8 Å². The smallest absolute Gasteiger partial charge is 0.326 e. The van der Waals surface area contributed by atoms with Crippen LogP contribution < -0.4 is 82.3 Å². The Hall–Kier alpha value is -7.65. The number of thioether (sulfide) groups is 1. The number of primary amides is 1. The number of unbranched alkanes of at least 4 members (excludes halogenated alkanes) is 2. The van der Waals surface area contributed by atoms with Gasteiger partial charge in [-0.15, -0.1) is 0 Å². The van der Waals surface area contributed by atoms with Crippen molar-refractivity contribution in [3.63, 3.8) is 0 Å². The molecule has 32 nitrogen and oxygen atoms in total. The van der Waals surface area contributed by atoms with E-state index in [1.807, 2.05) is 0 Å². The molecule has 0 aliphatic heterocycles. The molecule has 86 heavy (non-hydrogen) atoms. The largest absolute Gasteiger partial charge is 0.481 e. The van der Waals surface area contributed by atoms with Crippen molar-refractivity contribution in [1.82, 2.24) is 57.8 Å². The van der Waals surface area contributed by atoms with Crippen molar-refractivity contribution in [2.45, 2.75) is 191 Å². The normalized spacial score (nSPS) is 14.6. The maximum absolute atomic E-state index is 14.4. The number of nitrogens with one attached hydrogen (secondary N) is 10. The zero-order valence-electron chi connectivity index (χ0n) is 50.1. The number of hydrogen-bond donors (Lipinski definition) is 18. The van der Waals surface area contributed by atoms with Crippen LogP contribution in [0.25, 0.3) is 0 Å². The van der Waals surface area contributed by atoms with Crippen LogP contribution in [-0.4, -0.2) is 189 Å². The molecule has 0 radical (unpaired) electrons. The first-order valence-electron chi connectivity index (χ1n) is 28.7. The van der Waals surface area contributed by atoms with Crippen molar-refractivity contribution in [3.8, 4) is 0 Å². The summed E-state index contributed by atoms with van der Waals surface area (Å²) >= 11 is 1.31. The minimum atomic E-state index is -1.62. The van der Waals surface area contributed by atoms with Crippen molar-refractivity contribution in [2.75, 3.05) is 31.6 Å². The zero-order chi connectivity index (χ0) is 65.1. The number of imidazole rings is 1. The van der Waals surface area contributed by atoms with E-state index in [1.165, 1.54) is 31.2 Å². The quantitative estimate of drug-likeness (QED) is 0.0167. The molecule has 24 N–H and O–H groups in total. The maximum atomic E-state index is 14.4. The first-order valence-corrected chi connectivity index (χ1v) is 30.1. The Balaban J connectivity index is 3.60. The molecule has 0 spiro atoms. The fraction of sp³-hybridized carbons (Fsp3) is 0.698. The van der Waals surface area contributed by atoms with E-state index in [-0.39, 0.29) is 95.7 Å². The summed E-state index contributed by atoms with van der Waals surface area (Å²) in [5.41, 5.74) is 34.1. The van der Waals surface area contributed by atoms with E-state index >= 15 is 0 Å². The third-order valence-corrected chi connectivity index (χ3v) is 13.9. The van der Waals surface area contributed by atoms with Crippen molar-refractivity contribution < 1.29 is 67.7 Å². The predicted molar refractivity (Wildman–Crippen MR) is 319 cm³/mol.